The fourth-order valence-electron chi connectivity index (χ4n) is 3.51. The summed E-state index contributed by atoms with van der Waals surface area (Å²) in [5, 5.41) is 0.579. The normalized spacial score (nSPS) is 15.5. The predicted octanol–water partition coefficient (Wildman–Crippen LogP) is 5.38. The Morgan fingerprint density at radius 3 is 2.44 bits per heavy atom. The molecule has 1 aliphatic heterocycles. The maximum Gasteiger partial charge on any atom is 0.180 e. The molecule has 1 fully saturated rings. The summed E-state index contributed by atoms with van der Waals surface area (Å²) < 4.78 is 13.3. The van der Waals surface area contributed by atoms with Gasteiger partial charge >= 0.3 is 0 Å². The van der Waals surface area contributed by atoms with Gasteiger partial charge < -0.3 is 10.6 Å². The standard InChI is InChI=1S/C22H22FN3S/c23-19-8-6-18(7-9-19)21-20(25-22(24)27-21)17-11-14-26(15-12-17)13-10-16-4-2-1-3-5-16/h1-10,13,17H,11-12,14-15H2,(H2,24,25). The number of aromatic nitrogens is 1. The summed E-state index contributed by atoms with van der Waals surface area (Å²) >= 11 is 1.49. The van der Waals surface area contributed by atoms with Gasteiger partial charge in [0.15, 0.2) is 5.13 Å². The van der Waals surface area contributed by atoms with E-state index in [-0.39, 0.29) is 5.82 Å². The molecule has 2 heterocycles. The predicted molar refractivity (Wildman–Crippen MR) is 111 cm³/mol. The van der Waals surface area contributed by atoms with Crippen molar-refractivity contribution in [1.82, 2.24) is 9.88 Å². The molecule has 3 aromatic rings. The highest BCUT2D eigenvalue weighted by atomic mass is 32.1. The number of anilines is 1. The number of piperidine rings is 1. The van der Waals surface area contributed by atoms with Crippen LogP contribution in [0.3, 0.4) is 0 Å². The maximum absolute atomic E-state index is 13.3. The van der Waals surface area contributed by atoms with Gasteiger partial charge in [0, 0.05) is 19.0 Å². The molecule has 0 atom stereocenters. The Morgan fingerprint density at radius 1 is 1.04 bits per heavy atom. The van der Waals surface area contributed by atoms with Crippen LogP contribution in [0.15, 0.2) is 60.8 Å². The Balaban J connectivity index is 1.45. The van der Waals surface area contributed by atoms with Crippen LogP contribution in [-0.2, 0) is 0 Å². The lowest BCUT2D eigenvalue weighted by molar-refractivity contribution is 0.284. The smallest absolute Gasteiger partial charge is 0.180 e. The summed E-state index contributed by atoms with van der Waals surface area (Å²) in [6.07, 6.45) is 6.42. The quantitative estimate of drug-likeness (QED) is 0.661. The number of benzene rings is 2. The van der Waals surface area contributed by atoms with E-state index < -0.39 is 0 Å². The zero-order chi connectivity index (χ0) is 18.6. The molecular weight excluding hydrogens is 357 g/mol. The fraction of sp³-hybridized carbons (Fsp3) is 0.227. The molecule has 5 heteroatoms. The SMILES string of the molecule is Nc1nc(C2CCN(C=Cc3ccccc3)CC2)c(-c2ccc(F)cc2)s1. The number of nitrogen functional groups attached to an aromatic ring is 1. The Labute approximate surface area is 163 Å². The van der Waals surface area contributed by atoms with Crippen molar-refractivity contribution in [1.29, 1.82) is 0 Å². The van der Waals surface area contributed by atoms with Gasteiger partial charge in [-0.2, -0.15) is 0 Å². The van der Waals surface area contributed by atoms with Crippen LogP contribution in [0.4, 0.5) is 9.52 Å². The average molecular weight is 380 g/mol. The largest absolute Gasteiger partial charge is 0.377 e. The number of likely N-dealkylation sites (tertiary alicyclic amines) is 1. The second kappa shape index (κ2) is 7.92. The van der Waals surface area contributed by atoms with Crippen molar-refractivity contribution in [2.45, 2.75) is 18.8 Å². The minimum Gasteiger partial charge on any atom is -0.377 e. The maximum atomic E-state index is 13.3. The van der Waals surface area contributed by atoms with E-state index in [9.17, 15) is 4.39 Å². The van der Waals surface area contributed by atoms with Crippen molar-refractivity contribution in [3.8, 4) is 10.4 Å². The number of nitrogens with two attached hydrogens (primary N) is 1. The number of hydrogen-bond acceptors (Lipinski definition) is 4. The minimum atomic E-state index is -0.226. The van der Waals surface area contributed by atoms with Crippen LogP contribution < -0.4 is 5.73 Å². The molecule has 0 amide bonds. The zero-order valence-corrected chi connectivity index (χ0v) is 15.8. The summed E-state index contributed by atoms with van der Waals surface area (Å²) in [4.78, 5) is 8.05. The molecule has 0 saturated carbocycles. The monoisotopic (exact) mass is 379 g/mol. The van der Waals surface area contributed by atoms with E-state index >= 15 is 0 Å². The van der Waals surface area contributed by atoms with E-state index in [1.807, 2.05) is 18.2 Å². The molecule has 3 nitrogen and oxygen atoms in total. The lowest BCUT2D eigenvalue weighted by Crippen LogP contribution is -2.28. The lowest BCUT2D eigenvalue weighted by atomic mass is 9.91. The van der Waals surface area contributed by atoms with Crippen molar-refractivity contribution in [3.05, 3.63) is 77.9 Å². The summed E-state index contributed by atoms with van der Waals surface area (Å²) in [7, 11) is 0. The second-order valence-electron chi connectivity index (χ2n) is 6.81. The van der Waals surface area contributed by atoms with Gasteiger partial charge in [-0.15, -0.1) is 0 Å². The lowest BCUT2D eigenvalue weighted by Gasteiger charge is -2.30. The van der Waals surface area contributed by atoms with E-state index in [0.717, 1.165) is 42.1 Å². The van der Waals surface area contributed by atoms with Crippen LogP contribution in [0.1, 0.15) is 30.0 Å². The Morgan fingerprint density at radius 2 is 1.74 bits per heavy atom. The molecule has 1 aromatic heterocycles. The highest BCUT2D eigenvalue weighted by Crippen LogP contribution is 2.39. The molecule has 2 aromatic carbocycles. The number of hydrogen-bond donors (Lipinski definition) is 1. The number of nitrogens with zero attached hydrogens (tertiary/aromatic N) is 2. The molecule has 0 bridgehead atoms. The van der Waals surface area contributed by atoms with Crippen LogP contribution >= 0.6 is 11.3 Å². The summed E-state index contributed by atoms with van der Waals surface area (Å²) in [6.45, 7) is 1.99. The first-order valence-corrected chi connectivity index (χ1v) is 10.00. The Kier molecular flexibility index (Phi) is 5.21. The van der Waals surface area contributed by atoms with Crippen molar-refractivity contribution in [2.75, 3.05) is 18.8 Å². The Bertz CT molecular complexity index is 910. The van der Waals surface area contributed by atoms with Gasteiger partial charge in [0.1, 0.15) is 5.82 Å². The fourth-order valence-corrected chi connectivity index (χ4v) is 4.44. The molecular formula is C22H22FN3S. The Hall–Kier alpha value is -2.66. The number of rotatable bonds is 4. The van der Waals surface area contributed by atoms with Gasteiger partial charge in [-0.1, -0.05) is 53.8 Å². The van der Waals surface area contributed by atoms with Crippen molar-refractivity contribution in [3.63, 3.8) is 0 Å². The van der Waals surface area contributed by atoms with E-state index in [1.54, 1.807) is 0 Å². The van der Waals surface area contributed by atoms with Crippen molar-refractivity contribution < 1.29 is 4.39 Å². The van der Waals surface area contributed by atoms with Gasteiger partial charge in [0.05, 0.1) is 10.6 Å². The molecule has 1 aliphatic rings. The van der Waals surface area contributed by atoms with Gasteiger partial charge in [-0.25, -0.2) is 9.37 Å². The van der Waals surface area contributed by atoms with Gasteiger partial charge in [-0.05, 0) is 48.4 Å². The summed E-state index contributed by atoms with van der Waals surface area (Å²) in [6, 6.07) is 16.9. The van der Waals surface area contributed by atoms with Crippen LogP contribution in [-0.4, -0.2) is 23.0 Å². The molecule has 0 aliphatic carbocycles. The van der Waals surface area contributed by atoms with E-state index in [1.165, 1.54) is 29.0 Å². The second-order valence-corrected chi connectivity index (χ2v) is 7.84. The first-order valence-electron chi connectivity index (χ1n) is 9.18. The van der Waals surface area contributed by atoms with Crippen LogP contribution in [0.2, 0.25) is 0 Å². The topological polar surface area (TPSA) is 42.1 Å². The molecule has 0 radical (unpaired) electrons. The van der Waals surface area contributed by atoms with Gasteiger partial charge in [0.25, 0.3) is 0 Å². The summed E-state index contributed by atoms with van der Waals surface area (Å²) in [5.41, 5.74) is 9.28. The molecule has 0 spiro atoms. The van der Waals surface area contributed by atoms with Gasteiger partial charge in [0.2, 0.25) is 0 Å². The molecule has 0 unspecified atom stereocenters. The van der Waals surface area contributed by atoms with Gasteiger partial charge in [-0.3, -0.25) is 0 Å². The molecule has 138 valence electrons. The van der Waals surface area contributed by atoms with Crippen LogP contribution in [0.5, 0.6) is 0 Å². The first-order chi connectivity index (χ1) is 13.2. The number of thiazole rings is 1. The van der Waals surface area contributed by atoms with Crippen molar-refractivity contribution in [2.24, 2.45) is 0 Å². The third-order valence-electron chi connectivity index (χ3n) is 4.97. The third kappa shape index (κ3) is 4.19. The van der Waals surface area contributed by atoms with Crippen molar-refractivity contribution >= 4 is 22.5 Å². The zero-order valence-electron chi connectivity index (χ0n) is 15.0. The first kappa shape index (κ1) is 17.7. The van der Waals surface area contributed by atoms with E-state index in [0.29, 0.717) is 11.0 Å². The highest BCUT2D eigenvalue weighted by Gasteiger charge is 2.25. The number of halogens is 1. The average Bonchev–Trinajstić information content (AvgIpc) is 3.10. The highest BCUT2D eigenvalue weighted by molar-refractivity contribution is 7.18. The van der Waals surface area contributed by atoms with Crippen LogP contribution in [0.25, 0.3) is 16.5 Å². The molecule has 2 N–H and O–H groups in total. The third-order valence-corrected chi connectivity index (χ3v) is 5.92. The molecule has 1 saturated heterocycles. The minimum absolute atomic E-state index is 0.226. The molecule has 27 heavy (non-hydrogen) atoms. The van der Waals surface area contributed by atoms with Crippen LogP contribution in [0, 0.1) is 5.82 Å². The summed E-state index contributed by atoms with van der Waals surface area (Å²) in [5.74, 6) is 0.163. The molecule has 4 rings (SSSR count). The van der Waals surface area contributed by atoms with E-state index in [4.69, 9.17) is 5.73 Å². The van der Waals surface area contributed by atoms with E-state index in [2.05, 4.69) is 46.4 Å².